The molecule has 0 aromatic heterocycles. The Labute approximate surface area is 97.1 Å². The van der Waals surface area contributed by atoms with Crippen LogP contribution >= 0.6 is 0 Å². The summed E-state index contributed by atoms with van der Waals surface area (Å²) in [6, 6.07) is 2.75. The van der Waals surface area contributed by atoms with E-state index in [9.17, 15) is 22.7 Å². The Balaban J connectivity index is 2.90. The van der Waals surface area contributed by atoms with Gasteiger partial charge in [-0.15, -0.1) is 0 Å². The zero-order chi connectivity index (χ0) is 13.1. The van der Waals surface area contributed by atoms with E-state index in [1.165, 1.54) is 0 Å². The van der Waals surface area contributed by atoms with Gasteiger partial charge in [-0.05, 0) is 12.1 Å². The lowest BCUT2D eigenvalue weighted by atomic mass is 10.3. The van der Waals surface area contributed by atoms with Gasteiger partial charge in [0.05, 0.1) is 12.8 Å². The first kappa shape index (κ1) is 13.2. The number of methoxy groups -OCH3 is 1. The number of esters is 1. The molecule has 0 radical (unpaired) electrons. The van der Waals surface area contributed by atoms with Crippen molar-refractivity contribution < 1.29 is 27.4 Å². The van der Waals surface area contributed by atoms with Gasteiger partial charge >= 0.3 is 5.97 Å². The highest BCUT2D eigenvalue weighted by atomic mass is 32.2. The number of nitrogens with one attached hydrogen (secondary N) is 1. The molecule has 94 valence electrons. The van der Waals surface area contributed by atoms with Crippen LogP contribution in [0.2, 0.25) is 0 Å². The topological polar surface area (TPSA) is 92.7 Å². The number of aromatic hydroxyl groups is 1. The number of rotatable bonds is 4. The highest BCUT2D eigenvalue weighted by Gasteiger charge is 2.18. The number of anilines is 1. The smallest absolute Gasteiger partial charge is 0.322 e. The van der Waals surface area contributed by atoms with Crippen molar-refractivity contribution in [2.24, 2.45) is 0 Å². The maximum atomic E-state index is 12.8. The predicted octanol–water partition coefficient (Wildman–Crippen LogP) is 0.446. The summed E-state index contributed by atoms with van der Waals surface area (Å²) in [6.45, 7) is 0. The fourth-order valence-corrected chi connectivity index (χ4v) is 2.01. The predicted molar refractivity (Wildman–Crippen MR) is 57.5 cm³/mol. The van der Waals surface area contributed by atoms with Crippen LogP contribution in [0.15, 0.2) is 18.2 Å². The maximum Gasteiger partial charge on any atom is 0.322 e. The van der Waals surface area contributed by atoms with Crippen LogP contribution in [0, 0.1) is 5.82 Å². The van der Waals surface area contributed by atoms with Crippen LogP contribution in [-0.4, -0.2) is 32.4 Å². The number of ether oxygens (including phenoxy) is 1. The quantitative estimate of drug-likeness (QED) is 0.607. The summed E-state index contributed by atoms with van der Waals surface area (Å²) >= 11 is 0. The highest BCUT2D eigenvalue weighted by Crippen LogP contribution is 2.24. The minimum absolute atomic E-state index is 0.339. The first-order chi connectivity index (χ1) is 7.84. The van der Waals surface area contributed by atoms with Crippen LogP contribution < -0.4 is 4.72 Å². The molecule has 0 saturated heterocycles. The fourth-order valence-electron chi connectivity index (χ4n) is 1.01. The lowest BCUT2D eigenvalue weighted by molar-refractivity contribution is -0.137. The highest BCUT2D eigenvalue weighted by molar-refractivity contribution is 7.93. The number of hydrogen-bond donors (Lipinski definition) is 2. The summed E-state index contributed by atoms with van der Waals surface area (Å²) in [4.78, 5) is 10.8. The Morgan fingerprint density at radius 3 is 2.76 bits per heavy atom. The molecule has 2 N–H and O–H groups in total. The number of hydrogen-bond acceptors (Lipinski definition) is 5. The van der Waals surface area contributed by atoms with Crippen molar-refractivity contribution in [1.82, 2.24) is 0 Å². The second-order valence-corrected chi connectivity index (χ2v) is 4.82. The van der Waals surface area contributed by atoms with Gasteiger partial charge in [-0.2, -0.15) is 0 Å². The van der Waals surface area contributed by atoms with E-state index in [-0.39, 0.29) is 5.69 Å². The van der Waals surface area contributed by atoms with Gasteiger partial charge in [0.25, 0.3) is 0 Å². The number of phenolic OH excluding ortho intramolecular Hbond substituents is 1. The average molecular weight is 263 g/mol. The molecule has 6 nitrogen and oxygen atoms in total. The molecular weight excluding hydrogens is 253 g/mol. The van der Waals surface area contributed by atoms with E-state index in [0.29, 0.717) is 0 Å². The third-order valence-corrected chi connectivity index (χ3v) is 2.91. The molecule has 0 aliphatic rings. The van der Waals surface area contributed by atoms with E-state index in [0.717, 1.165) is 25.3 Å². The van der Waals surface area contributed by atoms with Crippen molar-refractivity contribution in [1.29, 1.82) is 0 Å². The lowest BCUT2D eigenvalue weighted by Crippen LogP contribution is -2.23. The molecule has 1 aromatic carbocycles. The number of benzene rings is 1. The number of carbonyl (C=O) groups is 1. The molecule has 0 saturated carbocycles. The molecule has 0 unspecified atom stereocenters. The van der Waals surface area contributed by atoms with Gasteiger partial charge < -0.3 is 9.84 Å². The van der Waals surface area contributed by atoms with Crippen LogP contribution in [-0.2, 0) is 19.6 Å². The zero-order valence-electron chi connectivity index (χ0n) is 8.81. The van der Waals surface area contributed by atoms with Gasteiger partial charge in [-0.25, -0.2) is 12.8 Å². The minimum Gasteiger partial charge on any atom is -0.506 e. The van der Waals surface area contributed by atoms with Crippen molar-refractivity contribution in [2.75, 3.05) is 17.6 Å². The summed E-state index contributed by atoms with van der Waals surface area (Å²) in [5, 5.41) is 9.28. The summed E-state index contributed by atoms with van der Waals surface area (Å²) in [7, 11) is -3.00. The van der Waals surface area contributed by atoms with Crippen molar-refractivity contribution in [3.8, 4) is 5.75 Å². The second kappa shape index (κ2) is 5.00. The molecule has 0 fully saturated rings. The summed E-state index contributed by atoms with van der Waals surface area (Å²) < 4.78 is 41.6. The summed E-state index contributed by atoms with van der Waals surface area (Å²) in [5.41, 5.74) is -0.339. The van der Waals surface area contributed by atoms with Crippen LogP contribution in [0.1, 0.15) is 0 Å². The minimum atomic E-state index is -4.04. The molecule has 0 heterocycles. The number of phenols is 1. The van der Waals surface area contributed by atoms with Gasteiger partial charge in [-0.1, -0.05) is 0 Å². The monoisotopic (exact) mass is 263 g/mol. The van der Waals surface area contributed by atoms with Gasteiger partial charge in [0, 0.05) is 6.07 Å². The van der Waals surface area contributed by atoms with Crippen molar-refractivity contribution in [3.05, 3.63) is 24.0 Å². The molecule has 0 aliphatic carbocycles. The summed E-state index contributed by atoms with van der Waals surface area (Å²) in [6.07, 6.45) is 0. The molecule has 1 aromatic rings. The maximum absolute atomic E-state index is 12.8. The summed E-state index contributed by atoms with van der Waals surface area (Å²) in [5.74, 6) is -3.05. The number of sulfonamides is 1. The van der Waals surface area contributed by atoms with Crippen molar-refractivity contribution in [2.45, 2.75) is 0 Å². The Kier molecular flexibility index (Phi) is 3.89. The first-order valence-electron chi connectivity index (χ1n) is 4.40. The second-order valence-electron chi connectivity index (χ2n) is 3.10. The number of carbonyl (C=O) groups excluding carboxylic acids is 1. The van der Waals surface area contributed by atoms with Gasteiger partial charge in [0.2, 0.25) is 10.0 Å². The van der Waals surface area contributed by atoms with E-state index in [2.05, 4.69) is 4.74 Å². The molecule has 8 heteroatoms. The lowest BCUT2D eigenvalue weighted by Gasteiger charge is -2.08. The van der Waals surface area contributed by atoms with E-state index < -0.39 is 33.3 Å². The van der Waals surface area contributed by atoms with E-state index in [1.807, 2.05) is 4.72 Å². The third-order valence-electron chi connectivity index (χ3n) is 1.76. The number of halogens is 1. The van der Waals surface area contributed by atoms with Gasteiger partial charge in [0.1, 0.15) is 11.6 Å². The fraction of sp³-hybridized carbons (Fsp3) is 0.222. The molecule has 17 heavy (non-hydrogen) atoms. The molecular formula is C9H10FNO5S. The molecule has 1 rings (SSSR count). The van der Waals surface area contributed by atoms with Gasteiger partial charge in [-0.3, -0.25) is 9.52 Å². The van der Waals surface area contributed by atoms with E-state index in [4.69, 9.17) is 0 Å². The molecule has 0 atom stereocenters. The third kappa shape index (κ3) is 3.91. The molecule has 0 bridgehead atoms. The van der Waals surface area contributed by atoms with Crippen LogP contribution in [0.3, 0.4) is 0 Å². The Bertz CT molecular complexity index is 528. The molecule has 0 amide bonds. The first-order valence-corrected chi connectivity index (χ1v) is 6.05. The van der Waals surface area contributed by atoms with Crippen LogP contribution in [0.4, 0.5) is 10.1 Å². The molecule has 0 spiro atoms. The SMILES string of the molecule is COC(=O)CS(=O)(=O)Nc1cc(F)ccc1O. The zero-order valence-corrected chi connectivity index (χ0v) is 9.62. The van der Waals surface area contributed by atoms with Crippen LogP contribution in [0.25, 0.3) is 0 Å². The Morgan fingerprint density at radius 1 is 1.53 bits per heavy atom. The Morgan fingerprint density at radius 2 is 2.18 bits per heavy atom. The Hall–Kier alpha value is -1.83. The van der Waals surface area contributed by atoms with Crippen molar-refractivity contribution >= 4 is 21.7 Å². The van der Waals surface area contributed by atoms with Crippen LogP contribution in [0.5, 0.6) is 5.75 Å². The average Bonchev–Trinajstić information content (AvgIpc) is 2.22. The molecule has 0 aliphatic heterocycles. The van der Waals surface area contributed by atoms with E-state index >= 15 is 0 Å². The van der Waals surface area contributed by atoms with E-state index in [1.54, 1.807) is 0 Å². The van der Waals surface area contributed by atoms with Gasteiger partial charge in [0.15, 0.2) is 5.75 Å². The van der Waals surface area contributed by atoms with Crippen molar-refractivity contribution in [3.63, 3.8) is 0 Å². The normalized spacial score (nSPS) is 10.9. The largest absolute Gasteiger partial charge is 0.506 e. The standard InChI is InChI=1S/C9H10FNO5S/c1-16-9(13)5-17(14,15)11-7-4-6(10)2-3-8(7)12/h2-4,11-12H,5H2,1H3.